The van der Waals surface area contributed by atoms with Crippen LogP contribution < -0.4 is 11.1 Å². The zero-order chi connectivity index (χ0) is 14.4. The second kappa shape index (κ2) is 7.47. The molecule has 0 saturated carbocycles. The van der Waals surface area contributed by atoms with Gasteiger partial charge in [-0.05, 0) is 36.2 Å². The Balaban J connectivity index is 1.73. The molecule has 2 rings (SSSR count). The lowest BCUT2D eigenvalue weighted by Crippen LogP contribution is -2.12. The van der Waals surface area contributed by atoms with Gasteiger partial charge in [-0.25, -0.2) is 4.98 Å². The molecule has 1 aromatic carbocycles. The van der Waals surface area contributed by atoms with Crippen LogP contribution in [0.15, 0.2) is 28.9 Å². The van der Waals surface area contributed by atoms with E-state index in [0.29, 0.717) is 22.8 Å². The van der Waals surface area contributed by atoms with E-state index >= 15 is 0 Å². The highest BCUT2D eigenvalue weighted by atomic mass is 35.5. The molecule has 2 aromatic rings. The van der Waals surface area contributed by atoms with E-state index in [-0.39, 0.29) is 5.91 Å². The Kier molecular flexibility index (Phi) is 5.63. The van der Waals surface area contributed by atoms with Crippen molar-refractivity contribution in [1.29, 1.82) is 0 Å². The Morgan fingerprint density at radius 2 is 2.35 bits per heavy atom. The summed E-state index contributed by atoms with van der Waals surface area (Å²) in [6.07, 6.45) is 2.72. The van der Waals surface area contributed by atoms with Crippen LogP contribution in [-0.4, -0.2) is 21.0 Å². The van der Waals surface area contributed by atoms with Gasteiger partial charge in [-0.3, -0.25) is 4.79 Å². The van der Waals surface area contributed by atoms with Gasteiger partial charge in [-0.15, -0.1) is 0 Å². The number of rotatable bonds is 6. The number of nitrogens with one attached hydrogen (secondary N) is 1. The molecule has 1 aromatic heterocycles. The number of aromatic nitrogens is 2. The van der Waals surface area contributed by atoms with E-state index in [4.69, 9.17) is 17.3 Å². The molecule has 0 spiro atoms. The van der Waals surface area contributed by atoms with Crippen molar-refractivity contribution in [2.75, 3.05) is 16.8 Å². The van der Waals surface area contributed by atoms with Crippen molar-refractivity contribution in [2.45, 2.75) is 17.2 Å². The third-order valence-corrected chi connectivity index (χ3v) is 4.52. The second-order valence-corrected chi connectivity index (χ2v) is 6.50. The van der Waals surface area contributed by atoms with E-state index in [2.05, 4.69) is 14.7 Å². The molecule has 0 aliphatic carbocycles. The Hall–Kier alpha value is -1.31. The van der Waals surface area contributed by atoms with Crippen LogP contribution in [0, 0.1) is 0 Å². The summed E-state index contributed by atoms with van der Waals surface area (Å²) in [4.78, 5) is 15.9. The molecule has 1 heterocycles. The third-order valence-electron chi connectivity index (χ3n) is 2.40. The molecule has 0 aliphatic heterocycles. The molecule has 0 bridgehead atoms. The van der Waals surface area contributed by atoms with Crippen molar-refractivity contribution < 1.29 is 4.79 Å². The molecule has 1 amide bonds. The fourth-order valence-corrected chi connectivity index (χ4v) is 3.09. The first-order chi connectivity index (χ1) is 9.65. The molecule has 5 nitrogen and oxygen atoms in total. The van der Waals surface area contributed by atoms with Crippen LogP contribution >= 0.6 is 34.9 Å². The number of nitrogens with zero attached hydrogens (tertiary/aromatic N) is 2. The summed E-state index contributed by atoms with van der Waals surface area (Å²) in [7, 11) is 0. The smallest absolute Gasteiger partial charge is 0.224 e. The molecule has 0 saturated heterocycles. The lowest BCUT2D eigenvalue weighted by Gasteiger charge is -2.08. The van der Waals surface area contributed by atoms with Crippen LogP contribution in [0.2, 0.25) is 5.02 Å². The maximum absolute atomic E-state index is 11.8. The number of carbonyl (C=O) groups is 1. The van der Waals surface area contributed by atoms with Gasteiger partial charge in [-0.2, -0.15) is 4.37 Å². The normalized spacial score (nSPS) is 10.4. The number of nitrogen functional groups attached to an aromatic ring is 1. The van der Waals surface area contributed by atoms with Crippen LogP contribution in [0.3, 0.4) is 0 Å². The van der Waals surface area contributed by atoms with Crippen molar-refractivity contribution >= 4 is 52.2 Å². The number of halogens is 1. The summed E-state index contributed by atoms with van der Waals surface area (Å²) in [6, 6.07) is 5.00. The van der Waals surface area contributed by atoms with Gasteiger partial charge in [0.25, 0.3) is 0 Å². The number of hydrogen-bond acceptors (Lipinski definition) is 6. The van der Waals surface area contributed by atoms with Gasteiger partial charge in [0.15, 0.2) is 4.34 Å². The van der Waals surface area contributed by atoms with Crippen molar-refractivity contribution in [1.82, 2.24) is 9.36 Å². The second-order valence-electron chi connectivity index (χ2n) is 3.94. The predicted molar refractivity (Wildman–Crippen MR) is 84.4 cm³/mol. The third kappa shape index (κ3) is 4.66. The fourth-order valence-electron chi connectivity index (χ4n) is 1.47. The average molecular weight is 329 g/mol. The van der Waals surface area contributed by atoms with Crippen molar-refractivity contribution in [3.8, 4) is 0 Å². The first kappa shape index (κ1) is 15.1. The number of nitrogens with two attached hydrogens (primary N) is 1. The Morgan fingerprint density at radius 1 is 1.50 bits per heavy atom. The molecule has 0 fully saturated rings. The van der Waals surface area contributed by atoms with Crippen molar-refractivity contribution in [3.63, 3.8) is 0 Å². The number of benzene rings is 1. The van der Waals surface area contributed by atoms with Gasteiger partial charge in [0.1, 0.15) is 6.33 Å². The van der Waals surface area contributed by atoms with E-state index in [1.165, 1.54) is 17.9 Å². The maximum atomic E-state index is 11.8. The fraction of sp³-hybridized carbons (Fsp3) is 0.250. The van der Waals surface area contributed by atoms with E-state index in [1.807, 2.05) is 0 Å². The monoisotopic (exact) mass is 328 g/mol. The Morgan fingerprint density at radius 3 is 3.10 bits per heavy atom. The van der Waals surface area contributed by atoms with Crippen LogP contribution in [0.1, 0.15) is 12.8 Å². The maximum Gasteiger partial charge on any atom is 0.224 e. The topological polar surface area (TPSA) is 80.9 Å². The van der Waals surface area contributed by atoms with E-state index in [9.17, 15) is 4.79 Å². The number of carbonyl (C=O) groups excluding carboxylic acids is 1. The summed E-state index contributed by atoms with van der Waals surface area (Å²) >= 11 is 8.82. The Bertz CT molecular complexity index is 577. The van der Waals surface area contributed by atoms with Gasteiger partial charge < -0.3 is 11.1 Å². The van der Waals surface area contributed by atoms with Crippen molar-refractivity contribution in [2.24, 2.45) is 0 Å². The minimum absolute atomic E-state index is 0.0724. The van der Waals surface area contributed by atoms with E-state index in [1.54, 1.807) is 30.0 Å². The lowest BCUT2D eigenvalue weighted by atomic mass is 10.2. The molecular weight excluding hydrogens is 316 g/mol. The summed E-state index contributed by atoms with van der Waals surface area (Å²) in [6.45, 7) is 0. The molecule has 0 radical (unpaired) electrons. The van der Waals surface area contributed by atoms with Gasteiger partial charge >= 0.3 is 0 Å². The zero-order valence-corrected chi connectivity index (χ0v) is 12.9. The van der Waals surface area contributed by atoms with E-state index in [0.717, 1.165) is 16.5 Å². The molecule has 0 unspecified atom stereocenters. The molecular formula is C12H13ClN4OS2. The highest BCUT2D eigenvalue weighted by molar-refractivity contribution is 8.00. The SMILES string of the molecule is Nc1ccc(Cl)cc1NC(=O)CCCSc1ncns1. The zero-order valence-electron chi connectivity index (χ0n) is 10.5. The molecule has 0 aliphatic rings. The molecule has 20 heavy (non-hydrogen) atoms. The number of thioether (sulfide) groups is 1. The first-order valence-corrected chi connectivity index (χ1v) is 8.03. The molecule has 8 heteroatoms. The van der Waals surface area contributed by atoms with Crippen LogP contribution in [0.25, 0.3) is 0 Å². The number of amides is 1. The Labute approximate surface area is 130 Å². The average Bonchev–Trinajstić information content (AvgIpc) is 2.92. The quantitative estimate of drug-likeness (QED) is 0.483. The predicted octanol–water partition coefficient (Wildman–Crippen LogP) is 3.28. The van der Waals surface area contributed by atoms with Crippen molar-refractivity contribution in [3.05, 3.63) is 29.5 Å². The van der Waals surface area contributed by atoms with Crippen LogP contribution in [-0.2, 0) is 4.79 Å². The lowest BCUT2D eigenvalue weighted by molar-refractivity contribution is -0.116. The van der Waals surface area contributed by atoms with Crippen LogP contribution in [0.5, 0.6) is 0 Å². The van der Waals surface area contributed by atoms with Gasteiger partial charge in [-0.1, -0.05) is 23.4 Å². The van der Waals surface area contributed by atoms with E-state index < -0.39 is 0 Å². The summed E-state index contributed by atoms with van der Waals surface area (Å²) in [5.41, 5.74) is 6.83. The summed E-state index contributed by atoms with van der Waals surface area (Å²) in [5, 5.41) is 3.30. The van der Waals surface area contributed by atoms with Crippen LogP contribution in [0.4, 0.5) is 11.4 Å². The largest absolute Gasteiger partial charge is 0.397 e. The number of hydrogen-bond donors (Lipinski definition) is 2. The molecule has 3 N–H and O–H groups in total. The highest BCUT2D eigenvalue weighted by Crippen LogP contribution is 2.23. The minimum Gasteiger partial charge on any atom is -0.397 e. The minimum atomic E-state index is -0.0724. The summed E-state index contributed by atoms with van der Waals surface area (Å²) in [5.74, 6) is 0.755. The standard InChI is InChI=1S/C12H13ClN4OS2/c13-8-3-4-9(14)10(6-8)17-11(18)2-1-5-19-12-15-7-16-20-12/h3-4,6-7H,1-2,5,14H2,(H,17,18). The first-order valence-electron chi connectivity index (χ1n) is 5.89. The summed E-state index contributed by atoms with van der Waals surface area (Å²) < 4.78 is 4.83. The van der Waals surface area contributed by atoms with Gasteiger partial charge in [0.05, 0.1) is 11.4 Å². The van der Waals surface area contributed by atoms with Gasteiger partial charge in [0, 0.05) is 17.2 Å². The highest BCUT2D eigenvalue weighted by Gasteiger charge is 2.06. The number of anilines is 2. The van der Waals surface area contributed by atoms with Gasteiger partial charge in [0.2, 0.25) is 5.91 Å². The molecule has 0 atom stereocenters. The molecule has 106 valence electrons.